The van der Waals surface area contributed by atoms with Crippen molar-refractivity contribution in [2.45, 2.75) is 19.3 Å². The number of benzene rings is 3. The number of piperazine rings is 1. The van der Waals surface area contributed by atoms with Crippen molar-refractivity contribution in [3.8, 4) is 28.9 Å². The van der Waals surface area contributed by atoms with Crippen LogP contribution in [0.2, 0.25) is 0 Å². The minimum atomic E-state index is 0.217. The molecule has 7 rings (SSSR count). The van der Waals surface area contributed by atoms with Gasteiger partial charge in [0, 0.05) is 46.9 Å². The van der Waals surface area contributed by atoms with Crippen LogP contribution in [0.5, 0.6) is 28.9 Å². The quantitative estimate of drug-likeness (QED) is 0.126. The zero-order valence-corrected chi connectivity index (χ0v) is 28.8. The van der Waals surface area contributed by atoms with Gasteiger partial charge in [-0.15, -0.1) is 0 Å². The van der Waals surface area contributed by atoms with Crippen LogP contribution in [-0.2, 0) is 0 Å². The Hall–Kier alpha value is -4.06. The van der Waals surface area contributed by atoms with Crippen molar-refractivity contribution in [3.63, 3.8) is 0 Å². The van der Waals surface area contributed by atoms with Crippen LogP contribution in [0.15, 0.2) is 30.3 Å². The number of nitrogens with one attached hydrogen (secondary N) is 1. The molecular formula is C37H49N6O5+. The molecule has 2 fully saturated rings. The number of pyridine rings is 1. The van der Waals surface area contributed by atoms with E-state index < -0.39 is 0 Å². The number of nitrogens with zero attached hydrogens (tertiary/aromatic N) is 5. The molecule has 3 aliphatic rings. The number of anilines is 1. The molecular weight excluding hydrogens is 608 g/mol. The number of hydrogen-bond donors (Lipinski definition) is 1. The van der Waals surface area contributed by atoms with Crippen molar-refractivity contribution in [1.29, 1.82) is 0 Å². The van der Waals surface area contributed by atoms with E-state index in [1.165, 1.54) is 12.8 Å². The van der Waals surface area contributed by atoms with E-state index in [2.05, 4.69) is 63.1 Å². The Kier molecular flexibility index (Phi) is 9.88. The number of likely N-dealkylation sites (tertiary alicyclic amines) is 1. The second-order valence-electron chi connectivity index (χ2n) is 13.2. The molecule has 3 aliphatic heterocycles. The zero-order valence-electron chi connectivity index (χ0n) is 28.8. The van der Waals surface area contributed by atoms with Crippen molar-refractivity contribution in [3.05, 3.63) is 30.3 Å². The van der Waals surface area contributed by atoms with Crippen LogP contribution >= 0.6 is 0 Å². The van der Waals surface area contributed by atoms with E-state index in [-0.39, 0.29) is 6.79 Å². The van der Waals surface area contributed by atoms with Crippen LogP contribution < -0.4 is 29.0 Å². The van der Waals surface area contributed by atoms with Crippen molar-refractivity contribution in [2.24, 2.45) is 0 Å². The van der Waals surface area contributed by atoms with Gasteiger partial charge in [0.05, 0.1) is 39.4 Å². The normalized spacial score (nSPS) is 16.8. The molecule has 0 radical (unpaired) electrons. The first-order chi connectivity index (χ1) is 23.5. The van der Waals surface area contributed by atoms with Crippen LogP contribution in [0.4, 0.5) is 5.69 Å². The summed E-state index contributed by atoms with van der Waals surface area (Å²) in [5.41, 5.74) is 1.88. The lowest BCUT2D eigenvalue weighted by Gasteiger charge is -2.25. The van der Waals surface area contributed by atoms with Gasteiger partial charge in [0.2, 0.25) is 12.7 Å². The van der Waals surface area contributed by atoms with Gasteiger partial charge in [-0.2, -0.15) is 0 Å². The number of methoxy groups -OCH3 is 2. The molecule has 48 heavy (non-hydrogen) atoms. The number of aromatic nitrogens is 1. The smallest absolute Gasteiger partial charge is 0.231 e. The highest BCUT2D eigenvalue weighted by atomic mass is 16.7. The van der Waals surface area contributed by atoms with Crippen LogP contribution in [0.25, 0.3) is 32.4 Å². The van der Waals surface area contributed by atoms with Gasteiger partial charge in [-0.1, -0.05) is 0 Å². The average molecular weight is 658 g/mol. The van der Waals surface area contributed by atoms with Gasteiger partial charge in [0.25, 0.3) is 0 Å². The number of fused-ring (bicyclic) bond motifs is 6. The fourth-order valence-corrected chi connectivity index (χ4v) is 7.09. The fraction of sp³-hybridized carbons (Fsp3) is 0.514. The van der Waals surface area contributed by atoms with E-state index >= 15 is 0 Å². The number of rotatable bonds is 13. The Balaban J connectivity index is 1.22. The van der Waals surface area contributed by atoms with Crippen LogP contribution in [0, 0.1) is 0 Å². The van der Waals surface area contributed by atoms with Crippen molar-refractivity contribution < 1.29 is 28.3 Å². The molecule has 1 aromatic heterocycles. The summed E-state index contributed by atoms with van der Waals surface area (Å²) in [4.78, 5) is 12.5. The molecule has 3 aromatic carbocycles. The standard InChI is InChI=1S/C37H49N6O5/c1-40(2)12-13-43-16-14-42(15-17-43)11-7-8-38-30-20-26-21-33-34(48-25-47-33)22-27(26)36-35(30)28-23-31(44-3)32(45-4)24-29(28)37(39-36)46-19-18-41-9-5-6-10-41/h13,20-24,38H,5-12,14-19,25H2,1-4H3/q+1. The molecule has 2 saturated heterocycles. The highest BCUT2D eigenvalue weighted by Crippen LogP contribution is 2.46. The molecule has 0 spiro atoms. The third-order valence-corrected chi connectivity index (χ3v) is 9.77. The maximum absolute atomic E-state index is 6.50. The highest BCUT2D eigenvalue weighted by Gasteiger charge is 2.23. The van der Waals surface area contributed by atoms with Crippen LogP contribution in [0.3, 0.4) is 0 Å². The first kappa shape index (κ1) is 32.5. The maximum atomic E-state index is 6.50. The van der Waals surface area contributed by atoms with Gasteiger partial charge in [0.1, 0.15) is 6.61 Å². The summed E-state index contributed by atoms with van der Waals surface area (Å²) >= 11 is 0. The third kappa shape index (κ3) is 6.90. The van der Waals surface area contributed by atoms with Gasteiger partial charge >= 0.3 is 0 Å². The van der Waals surface area contributed by atoms with E-state index in [1.807, 2.05) is 12.1 Å². The molecule has 4 aromatic rings. The molecule has 0 aliphatic carbocycles. The summed E-state index contributed by atoms with van der Waals surface area (Å²) in [7, 11) is 7.57. The molecule has 0 unspecified atom stereocenters. The largest absolute Gasteiger partial charge is 0.493 e. The SMILES string of the molecule is COc1cc2c(OCCN3CCCC3)nc3c4cc5c(cc4cc(NCCCN4CC[N+](=CCN(C)C)CC4)c3c2cc1OC)OCO5. The van der Waals surface area contributed by atoms with Gasteiger partial charge in [-0.05, 0) is 82.2 Å². The first-order valence-corrected chi connectivity index (χ1v) is 17.3. The van der Waals surface area contributed by atoms with E-state index in [9.17, 15) is 0 Å². The Labute approximate surface area is 282 Å². The number of ether oxygens (including phenoxy) is 5. The lowest BCUT2D eigenvalue weighted by atomic mass is 9.98. The summed E-state index contributed by atoms with van der Waals surface area (Å²) in [5, 5.41) is 8.75. The van der Waals surface area contributed by atoms with Crippen LogP contribution in [0.1, 0.15) is 19.3 Å². The summed E-state index contributed by atoms with van der Waals surface area (Å²) in [6, 6.07) is 10.4. The third-order valence-electron chi connectivity index (χ3n) is 9.77. The molecule has 0 bridgehead atoms. The predicted molar refractivity (Wildman–Crippen MR) is 191 cm³/mol. The molecule has 4 heterocycles. The second-order valence-corrected chi connectivity index (χ2v) is 13.2. The van der Waals surface area contributed by atoms with Gasteiger partial charge in [-0.25, -0.2) is 9.56 Å². The summed E-state index contributed by atoms with van der Waals surface area (Å²) in [6.07, 6.45) is 5.85. The minimum absolute atomic E-state index is 0.217. The van der Waals surface area contributed by atoms with E-state index in [0.29, 0.717) is 24.0 Å². The topological polar surface area (TPSA) is 83.8 Å². The van der Waals surface area contributed by atoms with Crippen molar-refractivity contribution >= 4 is 44.3 Å². The molecule has 0 saturated carbocycles. The molecule has 256 valence electrons. The minimum Gasteiger partial charge on any atom is -0.493 e. The maximum Gasteiger partial charge on any atom is 0.231 e. The Morgan fingerprint density at radius 2 is 1.58 bits per heavy atom. The van der Waals surface area contributed by atoms with Gasteiger partial charge in [0.15, 0.2) is 42.3 Å². The zero-order chi connectivity index (χ0) is 33.0. The average Bonchev–Trinajstić information content (AvgIpc) is 3.80. The van der Waals surface area contributed by atoms with Gasteiger partial charge in [-0.3, -0.25) is 9.80 Å². The Morgan fingerprint density at radius 3 is 2.31 bits per heavy atom. The molecule has 0 amide bonds. The Bertz CT molecular complexity index is 1790. The monoisotopic (exact) mass is 657 g/mol. The predicted octanol–water partition coefficient (Wildman–Crippen LogP) is 4.52. The van der Waals surface area contributed by atoms with E-state index in [0.717, 1.165) is 122 Å². The lowest BCUT2D eigenvalue weighted by Crippen LogP contribution is -2.43. The number of hydrogen-bond acceptors (Lipinski definition) is 10. The summed E-state index contributed by atoms with van der Waals surface area (Å²) < 4.78 is 32.1. The summed E-state index contributed by atoms with van der Waals surface area (Å²) in [6.45, 7) is 11.1. The lowest BCUT2D eigenvalue weighted by molar-refractivity contribution is -0.536. The van der Waals surface area contributed by atoms with E-state index in [1.54, 1.807) is 14.2 Å². The Morgan fingerprint density at radius 1 is 0.875 bits per heavy atom. The van der Waals surface area contributed by atoms with Crippen molar-refractivity contribution in [2.75, 3.05) is 112 Å². The summed E-state index contributed by atoms with van der Waals surface area (Å²) in [5.74, 6) is 3.39. The fourth-order valence-electron chi connectivity index (χ4n) is 7.09. The van der Waals surface area contributed by atoms with Gasteiger partial charge < -0.3 is 33.9 Å². The molecule has 11 nitrogen and oxygen atoms in total. The molecule has 1 N–H and O–H groups in total. The second kappa shape index (κ2) is 14.6. The van der Waals surface area contributed by atoms with E-state index in [4.69, 9.17) is 28.7 Å². The molecule has 11 heteroatoms. The molecule has 0 atom stereocenters. The highest BCUT2D eigenvalue weighted by molar-refractivity contribution is 6.22. The van der Waals surface area contributed by atoms with Crippen LogP contribution in [-0.4, -0.2) is 138 Å². The first-order valence-electron chi connectivity index (χ1n) is 17.3. The van der Waals surface area contributed by atoms with Crippen molar-refractivity contribution in [1.82, 2.24) is 19.7 Å².